The van der Waals surface area contributed by atoms with Gasteiger partial charge in [-0.05, 0) is 31.5 Å². The van der Waals surface area contributed by atoms with Gasteiger partial charge < -0.3 is 15.6 Å². The normalized spacial score (nSPS) is 12.2. The first-order valence-electron chi connectivity index (χ1n) is 5.60. The number of phenols is 1. The van der Waals surface area contributed by atoms with E-state index in [0.29, 0.717) is 17.7 Å². The van der Waals surface area contributed by atoms with Crippen LogP contribution in [0, 0.1) is 0 Å². The van der Waals surface area contributed by atoms with Crippen molar-refractivity contribution in [3.63, 3.8) is 0 Å². The van der Waals surface area contributed by atoms with Crippen molar-refractivity contribution in [1.29, 1.82) is 0 Å². The van der Waals surface area contributed by atoms with Crippen LogP contribution in [0.3, 0.4) is 0 Å². The van der Waals surface area contributed by atoms with Crippen molar-refractivity contribution < 1.29 is 15.1 Å². The summed E-state index contributed by atoms with van der Waals surface area (Å²) in [6.07, 6.45) is 1.25. The van der Waals surface area contributed by atoms with Crippen LogP contribution in [0.25, 0.3) is 0 Å². The van der Waals surface area contributed by atoms with Crippen LogP contribution in [0.5, 0.6) is 5.75 Å². The second-order valence-electron chi connectivity index (χ2n) is 3.92. The van der Waals surface area contributed by atoms with Gasteiger partial charge in [-0.25, -0.2) is 0 Å². The molecule has 0 aliphatic rings. The van der Waals surface area contributed by atoms with Crippen LogP contribution in [0.1, 0.15) is 38.3 Å². The summed E-state index contributed by atoms with van der Waals surface area (Å²) in [7, 11) is 0. The number of amides is 1. The van der Waals surface area contributed by atoms with Gasteiger partial charge in [-0.15, -0.1) is 0 Å². The number of anilines is 1. The van der Waals surface area contributed by atoms with Gasteiger partial charge in [-0.3, -0.25) is 4.79 Å². The van der Waals surface area contributed by atoms with Crippen molar-refractivity contribution in [2.24, 2.45) is 0 Å². The van der Waals surface area contributed by atoms with Crippen LogP contribution in [-0.2, 0) is 4.79 Å². The van der Waals surface area contributed by atoms with Gasteiger partial charge in [0.15, 0.2) is 0 Å². The van der Waals surface area contributed by atoms with Gasteiger partial charge >= 0.3 is 0 Å². The average Bonchev–Trinajstić information content (AvgIpc) is 2.31. The lowest BCUT2D eigenvalue weighted by Gasteiger charge is -2.13. The van der Waals surface area contributed by atoms with Gasteiger partial charge in [-0.2, -0.15) is 5.48 Å². The highest BCUT2D eigenvalue weighted by Gasteiger charge is 2.11. The second-order valence-corrected chi connectivity index (χ2v) is 3.92. The number of aromatic hydroxyl groups is 1. The van der Waals surface area contributed by atoms with Gasteiger partial charge in [0.05, 0.1) is 6.04 Å². The van der Waals surface area contributed by atoms with Crippen LogP contribution < -0.4 is 10.8 Å². The molecule has 1 unspecified atom stereocenters. The number of benzene rings is 1. The van der Waals surface area contributed by atoms with E-state index in [1.165, 1.54) is 6.07 Å². The summed E-state index contributed by atoms with van der Waals surface area (Å²) in [5.74, 6) is 0.0151. The number of carbonyl (C=O) groups excluding carboxylic acids is 1. The van der Waals surface area contributed by atoms with E-state index in [4.69, 9.17) is 5.21 Å². The zero-order chi connectivity index (χ0) is 12.8. The number of rotatable bonds is 5. The number of nitrogens with one attached hydrogen (secondary N) is 2. The Kier molecular flexibility index (Phi) is 4.93. The third kappa shape index (κ3) is 3.72. The van der Waals surface area contributed by atoms with E-state index in [1.54, 1.807) is 19.1 Å². The topological polar surface area (TPSA) is 81.6 Å². The maximum Gasteiger partial charge on any atom is 0.224 e. The van der Waals surface area contributed by atoms with Crippen molar-refractivity contribution in [3.8, 4) is 5.75 Å². The minimum absolute atomic E-state index is 0.0613. The van der Waals surface area contributed by atoms with Gasteiger partial charge in [0, 0.05) is 17.7 Å². The molecule has 1 rings (SSSR count). The van der Waals surface area contributed by atoms with Gasteiger partial charge in [0.2, 0.25) is 5.91 Å². The maximum absolute atomic E-state index is 11.4. The Hall–Kier alpha value is -1.59. The molecule has 1 aromatic carbocycles. The summed E-state index contributed by atoms with van der Waals surface area (Å²) in [6.45, 7) is 3.63. The molecule has 0 spiro atoms. The monoisotopic (exact) mass is 238 g/mol. The Morgan fingerprint density at radius 3 is 2.76 bits per heavy atom. The fourth-order valence-corrected chi connectivity index (χ4v) is 1.50. The summed E-state index contributed by atoms with van der Waals surface area (Å²) < 4.78 is 0. The Morgan fingerprint density at radius 2 is 2.18 bits per heavy atom. The molecule has 0 saturated heterocycles. The predicted octanol–water partition coefficient (Wildman–Crippen LogP) is 2.17. The van der Waals surface area contributed by atoms with Gasteiger partial charge in [0.25, 0.3) is 0 Å². The SMILES string of the molecule is CCCC(=O)Nc1ccc(O)c(C(C)NO)c1. The summed E-state index contributed by atoms with van der Waals surface area (Å²) in [4.78, 5) is 11.4. The third-order valence-corrected chi connectivity index (χ3v) is 2.45. The molecule has 5 nitrogen and oxygen atoms in total. The van der Waals surface area contributed by atoms with Crippen LogP contribution in [0.15, 0.2) is 18.2 Å². The number of hydrogen-bond donors (Lipinski definition) is 4. The lowest BCUT2D eigenvalue weighted by molar-refractivity contribution is -0.116. The molecule has 0 heterocycles. The summed E-state index contributed by atoms with van der Waals surface area (Å²) in [5.41, 5.74) is 3.19. The summed E-state index contributed by atoms with van der Waals surface area (Å²) in [5, 5.41) is 21.2. The van der Waals surface area contributed by atoms with Gasteiger partial charge in [-0.1, -0.05) is 6.92 Å². The Balaban J connectivity index is 2.85. The molecule has 0 bridgehead atoms. The molecular weight excluding hydrogens is 220 g/mol. The summed E-state index contributed by atoms with van der Waals surface area (Å²) >= 11 is 0. The predicted molar refractivity (Wildman–Crippen MR) is 65.0 cm³/mol. The molecule has 1 aromatic rings. The smallest absolute Gasteiger partial charge is 0.224 e. The molecule has 0 aliphatic heterocycles. The fourth-order valence-electron chi connectivity index (χ4n) is 1.50. The van der Waals surface area contributed by atoms with E-state index in [1.807, 2.05) is 6.92 Å². The molecule has 0 fully saturated rings. The molecule has 17 heavy (non-hydrogen) atoms. The van der Waals surface area contributed by atoms with E-state index in [0.717, 1.165) is 6.42 Å². The van der Waals surface area contributed by atoms with Crippen LogP contribution >= 0.6 is 0 Å². The molecular formula is C12H18N2O3. The first kappa shape index (κ1) is 13.5. The van der Waals surface area contributed by atoms with Crippen LogP contribution in [-0.4, -0.2) is 16.2 Å². The number of hydrogen-bond acceptors (Lipinski definition) is 4. The van der Waals surface area contributed by atoms with Crippen LogP contribution in [0.2, 0.25) is 0 Å². The largest absolute Gasteiger partial charge is 0.508 e. The molecule has 5 heteroatoms. The number of carbonyl (C=O) groups is 1. The second kappa shape index (κ2) is 6.22. The molecule has 0 aromatic heterocycles. The first-order valence-corrected chi connectivity index (χ1v) is 5.60. The standard InChI is InChI=1S/C12H18N2O3/c1-3-4-12(16)13-9-5-6-11(15)10(7-9)8(2)14-17/h5-8,14-15,17H,3-4H2,1-2H3,(H,13,16). The Morgan fingerprint density at radius 1 is 1.47 bits per heavy atom. The highest BCUT2D eigenvalue weighted by molar-refractivity contribution is 5.90. The minimum atomic E-state index is -0.405. The van der Waals surface area contributed by atoms with E-state index in [-0.39, 0.29) is 11.7 Å². The van der Waals surface area contributed by atoms with E-state index >= 15 is 0 Å². The van der Waals surface area contributed by atoms with Crippen molar-refractivity contribution in [2.45, 2.75) is 32.7 Å². The quantitative estimate of drug-likeness (QED) is 0.468. The zero-order valence-corrected chi connectivity index (χ0v) is 10.0. The highest BCUT2D eigenvalue weighted by Crippen LogP contribution is 2.27. The molecule has 4 N–H and O–H groups in total. The van der Waals surface area contributed by atoms with E-state index < -0.39 is 6.04 Å². The lowest BCUT2D eigenvalue weighted by Crippen LogP contribution is -2.15. The molecule has 1 atom stereocenters. The molecule has 1 amide bonds. The Labute approximate surface area is 100 Å². The Bertz CT molecular complexity index is 393. The molecule has 0 saturated carbocycles. The first-order chi connectivity index (χ1) is 8.08. The molecule has 0 aliphatic carbocycles. The third-order valence-electron chi connectivity index (χ3n) is 2.45. The van der Waals surface area contributed by atoms with Gasteiger partial charge in [0.1, 0.15) is 5.75 Å². The van der Waals surface area contributed by atoms with E-state index in [9.17, 15) is 9.90 Å². The van der Waals surface area contributed by atoms with E-state index in [2.05, 4.69) is 10.8 Å². The highest BCUT2D eigenvalue weighted by atomic mass is 16.5. The molecule has 0 radical (unpaired) electrons. The fraction of sp³-hybridized carbons (Fsp3) is 0.417. The summed E-state index contributed by atoms with van der Waals surface area (Å²) in [6, 6.07) is 4.34. The number of hydroxylamine groups is 1. The minimum Gasteiger partial charge on any atom is -0.508 e. The average molecular weight is 238 g/mol. The maximum atomic E-state index is 11.4. The van der Waals surface area contributed by atoms with Crippen LogP contribution in [0.4, 0.5) is 5.69 Å². The van der Waals surface area contributed by atoms with Crippen molar-refractivity contribution in [2.75, 3.05) is 5.32 Å². The van der Waals surface area contributed by atoms with Crippen molar-refractivity contribution in [1.82, 2.24) is 5.48 Å². The molecule has 94 valence electrons. The van der Waals surface area contributed by atoms with Crippen molar-refractivity contribution >= 4 is 11.6 Å². The number of phenolic OH excluding ortho intramolecular Hbond substituents is 1. The van der Waals surface area contributed by atoms with Crippen molar-refractivity contribution in [3.05, 3.63) is 23.8 Å². The zero-order valence-electron chi connectivity index (χ0n) is 10.0. The lowest BCUT2D eigenvalue weighted by atomic mass is 10.1.